The van der Waals surface area contributed by atoms with E-state index in [1.807, 2.05) is 0 Å². The molecule has 0 spiro atoms. The van der Waals surface area contributed by atoms with E-state index in [2.05, 4.69) is 24.7 Å². The number of aromatic nitrogens is 1. The van der Waals surface area contributed by atoms with Gasteiger partial charge in [-0.15, -0.1) is 0 Å². The van der Waals surface area contributed by atoms with Gasteiger partial charge in [0.1, 0.15) is 6.54 Å². The summed E-state index contributed by atoms with van der Waals surface area (Å²) in [7, 11) is 1.49. The third kappa shape index (κ3) is 6.00. The molecule has 0 aliphatic heterocycles. The number of benzene rings is 2. The number of ether oxygens (including phenoxy) is 2. The minimum atomic E-state index is -0.511. The fourth-order valence-corrected chi connectivity index (χ4v) is 3.16. The van der Waals surface area contributed by atoms with Crippen LogP contribution in [0, 0.1) is 16.0 Å². The lowest BCUT2D eigenvalue weighted by Crippen LogP contribution is -2.43. The molecule has 0 atom stereocenters. The van der Waals surface area contributed by atoms with Crippen LogP contribution in [0.5, 0.6) is 11.5 Å². The first kappa shape index (κ1) is 23.6. The molecule has 0 saturated heterocycles. The number of hydrogen-bond acceptors (Lipinski definition) is 6. The third-order valence-electron chi connectivity index (χ3n) is 4.97. The molecule has 33 heavy (non-hydrogen) atoms. The van der Waals surface area contributed by atoms with Crippen LogP contribution in [-0.4, -0.2) is 35.0 Å². The zero-order valence-corrected chi connectivity index (χ0v) is 18.7. The Balaban J connectivity index is 1.58. The number of nitrogens with zero attached hydrogens (tertiary/aromatic N) is 2. The van der Waals surface area contributed by atoms with Gasteiger partial charge in [-0.1, -0.05) is 13.8 Å². The first-order valence-corrected chi connectivity index (χ1v) is 10.4. The van der Waals surface area contributed by atoms with Crippen LogP contribution >= 0.6 is 0 Å². The van der Waals surface area contributed by atoms with Crippen LogP contribution in [0.25, 0.3) is 10.9 Å². The van der Waals surface area contributed by atoms with E-state index < -0.39 is 16.7 Å². The number of fused-ring (bicyclic) bond motifs is 1. The van der Waals surface area contributed by atoms with Crippen LogP contribution in [0.4, 0.5) is 5.69 Å². The van der Waals surface area contributed by atoms with Crippen LogP contribution in [0.2, 0.25) is 0 Å². The summed E-state index contributed by atoms with van der Waals surface area (Å²) < 4.78 is 12.7. The molecule has 2 N–H and O–H groups in total. The Hall–Kier alpha value is -4.08. The van der Waals surface area contributed by atoms with E-state index in [1.165, 1.54) is 19.2 Å². The standard InChI is InChI=1S/C23H26N4O6/c1-15(2)9-11-33-20-7-4-17(13-21(20)32-3)23(29)25-24-22(28)14-26-10-8-16-12-18(27(30)31)5-6-19(16)26/h4-8,10,12-13,15H,9,11,14H2,1-3H3,(H,24,28)(H,25,29). The monoisotopic (exact) mass is 454 g/mol. The molecule has 0 unspecified atom stereocenters. The number of carbonyl (C=O) groups excluding carboxylic acids is 2. The molecule has 174 valence electrons. The number of nitro groups is 1. The van der Waals surface area contributed by atoms with Crippen LogP contribution < -0.4 is 20.3 Å². The molecule has 2 amide bonds. The average molecular weight is 454 g/mol. The number of nitrogens with one attached hydrogen (secondary N) is 2. The van der Waals surface area contributed by atoms with Crippen molar-refractivity contribution in [3.63, 3.8) is 0 Å². The quantitative estimate of drug-likeness (QED) is 0.377. The van der Waals surface area contributed by atoms with E-state index in [9.17, 15) is 19.7 Å². The third-order valence-corrected chi connectivity index (χ3v) is 4.97. The minimum absolute atomic E-state index is 0.0243. The summed E-state index contributed by atoms with van der Waals surface area (Å²) in [5, 5.41) is 11.5. The molecule has 0 fully saturated rings. The van der Waals surface area contributed by atoms with E-state index in [4.69, 9.17) is 9.47 Å². The minimum Gasteiger partial charge on any atom is -0.493 e. The molecular formula is C23H26N4O6. The number of nitro benzene ring substituents is 1. The molecule has 0 saturated carbocycles. The Morgan fingerprint density at radius 2 is 1.88 bits per heavy atom. The largest absolute Gasteiger partial charge is 0.493 e. The highest BCUT2D eigenvalue weighted by Gasteiger charge is 2.14. The van der Waals surface area contributed by atoms with Gasteiger partial charge in [-0.3, -0.25) is 30.6 Å². The number of hydrogen-bond donors (Lipinski definition) is 2. The summed E-state index contributed by atoms with van der Waals surface area (Å²) in [6, 6.07) is 10.9. The zero-order chi connectivity index (χ0) is 24.0. The normalized spacial score (nSPS) is 10.8. The number of rotatable bonds is 9. The number of methoxy groups -OCH3 is 1. The smallest absolute Gasteiger partial charge is 0.270 e. The first-order valence-electron chi connectivity index (χ1n) is 10.4. The number of non-ortho nitro benzene ring substituents is 1. The fourth-order valence-electron chi connectivity index (χ4n) is 3.16. The second-order valence-corrected chi connectivity index (χ2v) is 7.84. The van der Waals surface area contributed by atoms with Crippen molar-refractivity contribution in [2.45, 2.75) is 26.8 Å². The highest BCUT2D eigenvalue weighted by molar-refractivity contribution is 5.96. The van der Waals surface area contributed by atoms with Gasteiger partial charge in [-0.2, -0.15) is 0 Å². The molecule has 3 rings (SSSR count). The topological polar surface area (TPSA) is 125 Å². The van der Waals surface area contributed by atoms with Gasteiger partial charge in [0.15, 0.2) is 11.5 Å². The second kappa shape index (κ2) is 10.5. The van der Waals surface area contributed by atoms with Crippen molar-refractivity contribution >= 4 is 28.4 Å². The Morgan fingerprint density at radius 3 is 2.58 bits per heavy atom. The first-order chi connectivity index (χ1) is 15.8. The molecule has 10 heteroatoms. The molecule has 1 aromatic heterocycles. The van der Waals surface area contributed by atoms with Crippen LogP contribution in [0.15, 0.2) is 48.7 Å². The second-order valence-electron chi connectivity index (χ2n) is 7.84. The molecule has 0 aliphatic rings. The summed E-state index contributed by atoms with van der Waals surface area (Å²) in [6.07, 6.45) is 2.55. The maximum atomic E-state index is 12.5. The number of amides is 2. The summed E-state index contributed by atoms with van der Waals surface area (Å²) in [5.74, 6) is 0.500. The van der Waals surface area contributed by atoms with E-state index in [1.54, 1.807) is 41.1 Å². The summed E-state index contributed by atoms with van der Waals surface area (Å²) in [5.41, 5.74) is 5.68. The maximum Gasteiger partial charge on any atom is 0.270 e. The average Bonchev–Trinajstić information content (AvgIpc) is 3.19. The van der Waals surface area contributed by atoms with Gasteiger partial charge in [0.05, 0.1) is 18.6 Å². The van der Waals surface area contributed by atoms with Gasteiger partial charge in [0, 0.05) is 34.8 Å². The predicted molar refractivity (Wildman–Crippen MR) is 122 cm³/mol. The van der Waals surface area contributed by atoms with Gasteiger partial charge >= 0.3 is 0 Å². The van der Waals surface area contributed by atoms with Gasteiger partial charge in [-0.25, -0.2) is 0 Å². The van der Waals surface area contributed by atoms with Crippen molar-refractivity contribution in [1.29, 1.82) is 0 Å². The van der Waals surface area contributed by atoms with E-state index in [0.29, 0.717) is 40.5 Å². The Bertz CT molecular complexity index is 1170. The SMILES string of the molecule is COc1cc(C(=O)NNC(=O)Cn2ccc3cc([N+](=O)[O-])ccc32)ccc1OCCC(C)C. The highest BCUT2D eigenvalue weighted by Crippen LogP contribution is 2.28. The Kier molecular flexibility index (Phi) is 7.50. The molecule has 0 aliphatic carbocycles. The van der Waals surface area contributed by atoms with Gasteiger partial charge in [0.25, 0.3) is 17.5 Å². The van der Waals surface area contributed by atoms with Crippen LogP contribution in [0.1, 0.15) is 30.6 Å². The molecule has 0 bridgehead atoms. The Labute approximate surface area is 190 Å². The van der Waals surface area contributed by atoms with Crippen LogP contribution in [-0.2, 0) is 11.3 Å². The number of hydrazine groups is 1. The summed E-state index contributed by atoms with van der Waals surface area (Å²) in [4.78, 5) is 35.2. The molecule has 10 nitrogen and oxygen atoms in total. The van der Waals surface area contributed by atoms with Gasteiger partial charge in [0.2, 0.25) is 0 Å². The lowest BCUT2D eigenvalue weighted by atomic mass is 10.1. The summed E-state index contributed by atoms with van der Waals surface area (Å²) in [6.45, 7) is 4.67. The fraction of sp³-hybridized carbons (Fsp3) is 0.304. The molecule has 1 heterocycles. The van der Waals surface area contributed by atoms with Crippen molar-refractivity contribution in [3.8, 4) is 11.5 Å². The molecular weight excluding hydrogens is 428 g/mol. The maximum absolute atomic E-state index is 12.5. The molecule has 2 aromatic carbocycles. The lowest BCUT2D eigenvalue weighted by Gasteiger charge is -2.13. The van der Waals surface area contributed by atoms with E-state index in [-0.39, 0.29) is 12.2 Å². The van der Waals surface area contributed by atoms with E-state index >= 15 is 0 Å². The predicted octanol–water partition coefficient (Wildman–Crippen LogP) is 3.44. The Morgan fingerprint density at radius 1 is 1.09 bits per heavy atom. The van der Waals surface area contributed by atoms with Crippen molar-refractivity contribution in [2.24, 2.45) is 5.92 Å². The van der Waals surface area contributed by atoms with Crippen molar-refractivity contribution in [2.75, 3.05) is 13.7 Å². The van der Waals surface area contributed by atoms with Crippen molar-refractivity contribution in [1.82, 2.24) is 15.4 Å². The number of carbonyl (C=O) groups is 2. The van der Waals surface area contributed by atoms with Gasteiger partial charge in [-0.05, 0) is 42.7 Å². The summed E-state index contributed by atoms with van der Waals surface area (Å²) >= 11 is 0. The van der Waals surface area contributed by atoms with E-state index in [0.717, 1.165) is 6.42 Å². The highest BCUT2D eigenvalue weighted by atomic mass is 16.6. The van der Waals surface area contributed by atoms with Gasteiger partial charge < -0.3 is 14.0 Å². The van der Waals surface area contributed by atoms with Crippen molar-refractivity contribution in [3.05, 3.63) is 64.3 Å². The zero-order valence-electron chi connectivity index (χ0n) is 18.7. The van der Waals surface area contributed by atoms with Crippen LogP contribution in [0.3, 0.4) is 0 Å². The molecule has 0 radical (unpaired) electrons. The molecule has 3 aromatic rings. The lowest BCUT2D eigenvalue weighted by molar-refractivity contribution is -0.384. The van der Waals surface area contributed by atoms with Crippen molar-refractivity contribution < 1.29 is 24.0 Å².